The van der Waals surface area contributed by atoms with Crippen LogP contribution in [0.4, 0.5) is 0 Å². The highest BCUT2D eigenvalue weighted by atomic mass is 14.2. The van der Waals surface area contributed by atoms with Crippen molar-refractivity contribution >= 4 is 5.57 Å². The van der Waals surface area contributed by atoms with E-state index in [9.17, 15) is 0 Å². The van der Waals surface area contributed by atoms with Crippen molar-refractivity contribution in [2.24, 2.45) is 5.92 Å². The first-order valence-corrected chi connectivity index (χ1v) is 5.82. The lowest BCUT2D eigenvalue weighted by Gasteiger charge is -2.22. The Morgan fingerprint density at radius 1 is 1.38 bits per heavy atom. The maximum absolute atomic E-state index is 3.91. The van der Waals surface area contributed by atoms with Crippen LogP contribution in [0.2, 0.25) is 0 Å². The van der Waals surface area contributed by atoms with E-state index in [-0.39, 0.29) is 0 Å². The number of benzene rings is 1. The Morgan fingerprint density at radius 2 is 2.12 bits per heavy atom. The van der Waals surface area contributed by atoms with Crippen LogP contribution in [0.1, 0.15) is 25.0 Å². The summed E-state index contributed by atoms with van der Waals surface area (Å²) in [5, 5.41) is 0. The molecule has 0 saturated carbocycles. The molecule has 0 heterocycles. The largest absolute Gasteiger partial charge is 0.102 e. The van der Waals surface area contributed by atoms with Gasteiger partial charge in [0.2, 0.25) is 0 Å². The Balaban J connectivity index is 2.55. The molecule has 0 bridgehead atoms. The first-order chi connectivity index (χ1) is 7.76. The molecular weight excluding hydrogens is 192 g/mol. The van der Waals surface area contributed by atoms with Crippen molar-refractivity contribution in [1.82, 2.24) is 0 Å². The van der Waals surface area contributed by atoms with E-state index in [4.69, 9.17) is 0 Å². The summed E-state index contributed by atoms with van der Waals surface area (Å²) in [6.45, 7) is 8.18. The first kappa shape index (κ1) is 10.9. The van der Waals surface area contributed by atoms with Crippen LogP contribution in [0.3, 0.4) is 0 Å². The van der Waals surface area contributed by atoms with E-state index in [0.29, 0.717) is 5.92 Å². The summed E-state index contributed by atoms with van der Waals surface area (Å²) in [7, 11) is 0. The first-order valence-electron chi connectivity index (χ1n) is 5.82. The zero-order chi connectivity index (χ0) is 11.5. The molecule has 0 fully saturated rings. The smallest absolute Gasteiger partial charge is 0.000622 e. The third-order valence-corrected chi connectivity index (χ3v) is 3.30. The van der Waals surface area contributed by atoms with Gasteiger partial charge in [-0.05, 0) is 48.5 Å². The monoisotopic (exact) mass is 210 g/mol. The Bertz CT molecular complexity index is 461. The van der Waals surface area contributed by atoms with Gasteiger partial charge in [0.1, 0.15) is 0 Å². The van der Waals surface area contributed by atoms with Gasteiger partial charge < -0.3 is 0 Å². The summed E-state index contributed by atoms with van der Waals surface area (Å²) in [5.74, 6) is 0.472. The SMILES string of the molecule is C=CC1C=C(/C(C)=C\C)c2ccccc2C1. The van der Waals surface area contributed by atoms with E-state index in [2.05, 4.69) is 56.8 Å². The molecule has 1 aromatic carbocycles. The van der Waals surface area contributed by atoms with Crippen molar-refractivity contribution in [3.05, 3.63) is 65.8 Å². The van der Waals surface area contributed by atoms with Gasteiger partial charge in [0.15, 0.2) is 0 Å². The normalized spacial score (nSPS) is 20.0. The second-order valence-electron chi connectivity index (χ2n) is 4.31. The molecule has 1 unspecified atom stereocenters. The number of fused-ring (bicyclic) bond motifs is 1. The fourth-order valence-electron chi connectivity index (χ4n) is 2.23. The number of allylic oxidation sites excluding steroid dienone is 5. The summed E-state index contributed by atoms with van der Waals surface area (Å²) in [4.78, 5) is 0. The van der Waals surface area contributed by atoms with Gasteiger partial charge in [-0.3, -0.25) is 0 Å². The molecule has 0 aliphatic heterocycles. The molecule has 1 aliphatic rings. The molecule has 82 valence electrons. The molecule has 0 amide bonds. The second kappa shape index (κ2) is 4.52. The van der Waals surface area contributed by atoms with E-state index in [0.717, 1.165) is 6.42 Å². The minimum atomic E-state index is 0.472. The van der Waals surface area contributed by atoms with E-state index in [1.807, 2.05) is 6.08 Å². The van der Waals surface area contributed by atoms with Crippen molar-refractivity contribution in [2.45, 2.75) is 20.3 Å². The summed E-state index contributed by atoms with van der Waals surface area (Å²) < 4.78 is 0. The maximum Gasteiger partial charge on any atom is -0.000622 e. The average molecular weight is 210 g/mol. The fraction of sp³-hybridized carbons (Fsp3) is 0.250. The number of rotatable bonds is 2. The minimum absolute atomic E-state index is 0.472. The predicted molar refractivity (Wildman–Crippen MR) is 71.2 cm³/mol. The summed E-state index contributed by atoms with van der Waals surface area (Å²) in [6.07, 6.45) is 7.64. The molecule has 0 heteroatoms. The lowest BCUT2D eigenvalue weighted by molar-refractivity contribution is 0.793. The van der Waals surface area contributed by atoms with E-state index in [1.54, 1.807) is 0 Å². The van der Waals surface area contributed by atoms with Crippen LogP contribution >= 0.6 is 0 Å². The van der Waals surface area contributed by atoms with Crippen LogP contribution in [0.25, 0.3) is 5.57 Å². The Morgan fingerprint density at radius 3 is 2.81 bits per heavy atom. The quantitative estimate of drug-likeness (QED) is 0.635. The van der Waals surface area contributed by atoms with Gasteiger partial charge in [-0.15, -0.1) is 6.58 Å². The Hall–Kier alpha value is -1.56. The molecule has 1 aliphatic carbocycles. The van der Waals surface area contributed by atoms with Crippen LogP contribution in [0, 0.1) is 5.92 Å². The molecule has 0 nitrogen and oxygen atoms in total. The van der Waals surface area contributed by atoms with Gasteiger partial charge in [0.25, 0.3) is 0 Å². The highest BCUT2D eigenvalue weighted by Gasteiger charge is 2.17. The van der Waals surface area contributed by atoms with E-state index < -0.39 is 0 Å². The molecule has 2 rings (SSSR count). The number of hydrogen-bond acceptors (Lipinski definition) is 0. The topological polar surface area (TPSA) is 0 Å². The average Bonchev–Trinajstić information content (AvgIpc) is 2.36. The third-order valence-electron chi connectivity index (χ3n) is 3.30. The summed E-state index contributed by atoms with van der Waals surface area (Å²) in [6, 6.07) is 8.67. The molecule has 0 aromatic heterocycles. The van der Waals surface area contributed by atoms with Crippen LogP contribution in [0.5, 0.6) is 0 Å². The minimum Gasteiger partial charge on any atom is -0.102 e. The Kier molecular flexibility index (Phi) is 3.09. The van der Waals surface area contributed by atoms with E-state index in [1.165, 1.54) is 22.3 Å². The van der Waals surface area contributed by atoms with Crippen molar-refractivity contribution in [3.63, 3.8) is 0 Å². The zero-order valence-corrected chi connectivity index (χ0v) is 10.0. The van der Waals surface area contributed by atoms with Crippen LogP contribution < -0.4 is 0 Å². The molecule has 1 aromatic rings. The molecule has 0 saturated heterocycles. The fourth-order valence-corrected chi connectivity index (χ4v) is 2.23. The van der Waals surface area contributed by atoms with Crippen molar-refractivity contribution in [3.8, 4) is 0 Å². The van der Waals surface area contributed by atoms with Gasteiger partial charge in [-0.2, -0.15) is 0 Å². The standard InChI is InChI=1S/C16H18/c1-4-12(3)16-11-13(5-2)10-14-8-6-7-9-15(14)16/h4-9,11,13H,2,10H2,1,3H3/b12-4-. The third kappa shape index (κ3) is 1.88. The number of hydrogen-bond donors (Lipinski definition) is 0. The molecule has 1 atom stereocenters. The van der Waals surface area contributed by atoms with Gasteiger partial charge in [-0.1, -0.05) is 42.5 Å². The van der Waals surface area contributed by atoms with Gasteiger partial charge in [-0.25, -0.2) is 0 Å². The summed E-state index contributed by atoms with van der Waals surface area (Å²) in [5.41, 5.74) is 5.54. The van der Waals surface area contributed by atoms with Crippen LogP contribution in [-0.4, -0.2) is 0 Å². The summed E-state index contributed by atoms with van der Waals surface area (Å²) >= 11 is 0. The molecule has 0 radical (unpaired) electrons. The molecular formula is C16H18. The van der Waals surface area contributed by atoms with Crippen LogP contribution in [-0.2, 0) is 6.42 Å². The molecule has 0 spiro atoms. The molecule has 0 N–H and O–H groups in total. The lowest BCUT2D eigenvalue weighted by Crippen LogP contribution is -2.08. The molecule has 16 heavy (non-hydrogen) atoms. The Labute approximate surface area is 98.0 Å². The highest BCUT2D eigenvalue weighted by Crippen LogP contribution is 2.33. The van der Waals surface area contributed by atoms with Gasteiger partial charge in [0.05, 0.1) is 0 Å². The maximum atomic E-state index is 3.91. The van der Waals surface area contributed by atoms with Gasteiger partial charge >= 0.3 is 0 Å². The zero-order valence-electron chi connectivity index (χ0n) is 10.0. The predicted octanol–water partition coefficient (Wildman–Crippen LogP) is 4.39. The second-order valence-corrected chi connectivity index (χ2v) is 4.31. The van der Waals surface area contributed by atoms with Crippen molar-refractivity contribution in [1.29, 1.82) is 0 Å². The van der Waals surface area contributed by atoms with Crippen LogP contribution in [0.15, 0.2) is 54.6 Å². The van der Waals surface area contributed by atoms with E-state index >= 15 is 0 Å². The lowest BCUT2D eigenvalue weighted by atomic mass is 9.82. The highest BCUT2D eigenvalue weighted by molar-refractivity contribution is 5.81. The van der Waals surface area contributed by atoms with Crippen molar-refractivity contribution in [2.75, 3.05) is 0 Å². The van der Waals surface area contributed by atoms with Crippen molar-refractivity contribution < 1.29 is 0 Å². The van der Waals surface area contributed by atoms with Gasteiger partial charge in [0, 0.05) is 0 Å².